The first-order valence-corrected chi connectivity index (χ1v) is 10.6. The third kappa shape index (κ3) is 5.92. The molecule has 0 saturated carbocycles. The Bertz CT molecular complexity index is 1020. The summed E-state index contributed by atoms with van der Waals surface area (Å²) in [7, 11) is 0. The van der Waals surface area contributed by atoms with E-state index in [9.17, 15) is 9.59 Å². The number of hydroxylamine groups is 1. The third-order valence-electron chi connectivity index (χ3n) is 4.36. The van der Waals surface area contributed by atoms with E-state index in [-0.39, 0.29) is 17.2 Å². The molecule has 0 saturated heterocycles. The molecule has 0 radical (unpaired) electrons. The fourth-order valence-electron chi connectivity index (χ4n) is 2.78. The van der Waals surface area contributed by atoms with Gasteiger partial charge < -0.3 is 0 Å². The number of nitrogens with one attached hydrogen (secondary N) is 1. The highest BCUT2D eigenvalue weighted by atomic mass is 32.2. The maximum absolute atomic E-state index is 12.9. The topological polar surface area (TPSA) is 73.2 Å². The van der Waals surface area contributed by atoms with Crippen molar-refractivity contribution in [3.8, 4) is 0 Å². The van der Waals surface area contributed by atoms with Crippen LogP contribution in [0, 0.1) is 5.92 Å². The molecule has 1 aromatic heterocycles. The number of hydrogen-bond donors (Lipinski definition) is 1. The number of carbonyl (C=O) groups is 1. The fraction of sp³-hybridized carbons (Fsp3) is 0.318. The lowest BCUT2D eigenvalue weighted by Gasteiger charge is -2.14. The van der Waals surface area contributed by atoms with Crippen molar-refractivity contribution >= 4 is 28.6 Å². The Morgan fingerprint density at radius 3 is 2.62 bits per heavy atom. The van der Waals surface area contributed by atoms with Crippen molar-refractivity contribution in [2.75, 3.05) is 5.75 Å². The van der Waals surface area contributed by atoms with Gasteiger partial charge in [0.15, 0.2) is 5.16 Å². The predicted molar refractivity (Wildman–Crippen MR) is 116 cm³/mol. The lowest BCUT2D eigenvalue weighted by molar-refractivity contribution is -0.131. The number of hydrogen-bond acceptors (Lipinski definition) is 5. The summed E-state index contributed by atoms with van der Waals surface area (Å²) in [6.45, 7) is 5.10. The quantitative estimate of drug-likeness (QED) is 0.330. The SMILES string of the molecule is CC(C)CCn1c(SCC(=O)NOCc2ccccc2)nc2ccccc2c1=O. The molecule has 0 unspecified atom stereocenters. The van der Waals surface area contributed by atoms with Gasteiger partial charge in [-0.1, -0.05) is 68.1 Å². The summed E-state index contributed by atoms with van der Waals surface area (Å²) < 4.78 is 1.67. The summed E-state index contributed by atoms with van der Waals surface area (Å²) in [6.07, 6.45) is 0.861. The van der Waals surface area contributed by atoms with Gasteiger partial charge in [0.1, 0.15) is 0 Å². The molecule has 0 aliphatic rings. The molecule has 0 aliphatic heterocycles. The number of para-hydroxylation sites is 1. The summed E-state index contributed by atoms with van der Waals surface area (Å²) in [6, 6.07) is 16.9. The van der Waals surface area contributed by atoms with Gasteiger partial charge >= 0.3 is 0 Å². The van der Waals surface area contributed by atoms with Gasteiger partial charge in [0.05, 0.1) is 23.3 Å². The Balaban J connectivity index is 1.67. The van der Waals surface area contributed by atoms with E-state index in [1.54, 1.807) is 10.6 Å². The standard InChI is InChI=1S/C22H25N3O3S/c1-16(2)12-13-25-21(27)18-10-6-7-11-19(18)23-22(25)29-15-20(26)24-28-14-17-8-4-3-5-9-17/h3-11,16H,12-15H2,1-2H3,(H,24,26). The van der Waals surface area contributed by atoms with Crippen LogP contribution in [0.25, 0.3) is 10.9 Å². The zero-order valence-electron chi connectivity index (χ0n) is 16.6. The third-order valence-corrected chi connectivity index (χ3v) is 5.33. The van der Waals surface area contributed by atoms with Gasteiger partial charge in [-0.3, -0.25) is 19.0 Å². The van der Waals surface area contributed by atoms with Crippen molar-refractivity contribution in [1.82, 2.24) is 15.0 Å². The number of aromatic nitrogens is 2. The van der Waals surface area contributed by atoms with Crippen LogP contribution >= 0.6 is 11.8 Å². The maximum Gasteiger partial charge on any atom is 0.262 e. The van der Waals surface area contributed by atoms with Crippen molar-refractivity contribution in [2.24, 2.45) is 5.92 Å². The fourth-order valence-corrected chi connectivity index (χ4v) is 3.59. The second-order valence-electron chi connectivity index (χ2n) is 7.14. The second kappa shape index (κ2) is 10.2. The molecular weight excluding hydrogens is 386 g/mol. The van der Waals surface area contributed by atoms with Gasteiger partial charge in [0.25, 0.3) is 11.5 Å². The summed E-state index contributed by atoms with van der Waals surface area (Å²) in [5, 5.41) is 1.14. The number of amides is 1. The Hall–Kier alpha value is -2.64. The Morgan fingerprint density at radius 1 is 1.14 bits per heavy atom. The minimum Gasteiger partial charge on any atom is -0.287 e. The van der Waals surface area contributed by atoms with Crippen molar-refractivity contribution in [3.63, 3.8) is 0 Å². The number of fused-ring (bicyclic) bond motifs is 1. The van der Waals surface area contributed by atoms with Crippen molar-refractivity contribution in [2.45, 2.75) is 38.6 Å². The van der Waals surface area contributed by atoms with Crippen LogP contribution in [-0.2, 0) is 22.8 Å². The molecule has 0 spiro atoms. The van der Waals surface area contributed by atoms with Gasteiger partial charge in [-0.2, -0.15) is 0 Å². The molecule has 29 heavy (non-hydrogen) atoms. The van der Waals surface area contributed by atoms with Crippen LogP contribution in [0.5, 0.6) is 0 Å². The number of rotatable bonds is 9. The monoisotopic (exact) mass is 411 g/mol. The summed E-state index contributed by atoms with van der Waals surface area (Å²) in [5.41, 5.74) is 3.99. The highest BCUT2D eigenvalue weighted by Gasteiger charge is 2.13. The molecule has 1 heterocycles. The zero-order valence-corrected chi connectivity index (χ0v) is 17.4. The first-order chi connectivity index (χ1) is 14.0. The number of thioether (sulfide) groups is 1. The molecule has 6 nitrogen and oxygen atoms in total. The average Bonchev–Trinajstić information content (AvgIpc) is 2.72. The van der Waals surface area contributed by atoms with E-state index < -0.39 is 0 Å². The molecule has 2 aromatic carbocycles. The van der Waals surface area contributed by atoms with Crippen molar-refractivity contribution < 1.29 is 9.63 Å². The molecular formula is C22H25N3O3S. The zero-order chi connectivity index (χ0) is 20.6. The van der Waals surface area contributed by atoms with Gasteiger partial charge in [-0.15, -0.1) is 0 Å². The lowest BCUT2D eigenvalue weighted by atomic mass is 10.1. The van der Waals surface area contributed by atoms with E-state index in [1.165, 1.54) is 11.8 Å². The van der Waals surface area contributed by atoms with Crippen LogP contribution in [0.3, 0.4) is 0 Å². The van der Waals surface area contributed by atoms with Gasteiger partial charge in [-0.05, 0) is 30.0 Å². The molecule has 7 heteroatoms. The van der Waals surface area contributed by atoms with Crippen LogP contribution in [0.15, 0.2) is 64.5 Å². The Morgan fingerprint density at radius 2 is 1.86 bits per heavy atom. The molecule has 152 valence electrons. The van der Waals surface area contributed by atoms with E-state index in [1.807, 2.05) is 48.5 Å². The van der Waals surface area contributed by atoms with Crippen LogP contribution < -0.4 is 11.0 Å². The van der Waals surface area contributed by atoms with Gasteiger partial charge in [-0.25, -0.2) is 10.5 Å². The van der Waals surface area contributed by atoms with E-state index in [0.29, 0.717) is 35.1 Å². The molecule has 3 aromatic rings. The molecule has 0 aliphatic carbocycles. The lowest BCUT2D eigenvalue weighted by Crippen LogP contribution is -2.27. The largest absolute Gasteiger partial charge is 0.287 e. The predicted octanol–water partition coefficient (Wildman–Crippen LogP) is 3.78. The maximum atomic E-state index is 12.9. The van der Waals surface area contributed by atoms with E-state index in [2.05, 4.69) is 24.3 Å². The first-order valence-electron chi connectivity index (χ1n) is 9.61. The molecule has 0 atom stereocenters. The molecule has 1 amide bonds. The number of nitrogens with zero attached hydrogens (tertiary/aromatic N) is 2. The van der Waals surface area contributed by atoms with Crippen LogP contribution in [0.2, 0.25) is 0 Å². The van der Waals surface area contributed by atoms with E-state index >= 15 is 0 Å². The first kappa shape index (κ1) is 21.1. The van der Waals surface area contributed by atoms with Gasteiger partial charge in [0.2, 0.25) is 0 Å². The minimum absolute atomic E-state index is 0.0699. The Kier molecular flexibility index (Phi) is 7.43. The van der Waals surface area contributed by atoms with E-state index in [0.717, 1.165) is 12.0 Å². The molecule has 1 N–H and O–H groups in total. The van der Waals surface area contributed by atoms with Crippen LogP contribution in [-0.4, -0.2) is 21.2 Å². The summed E-state index contributed by atoms with van der Waals surface area (Å²) in [4.78, 5) is 35.0. The highest BCUT2D eigenvalue weighted by Crippen LogP contribution is 2.18. The molecule has 0 fully saturated rings. The van der Waals surface area contributed by atoms with Crippen LogP contribution in [0.1, 0.15) is 25.8 Å². The normalized spacial score (nSPS) is 11.1. The van der Waals surface area contributed by atoms with Crippen molar-refractivity contribution in [1.29, 1.82) is 0 Å². The van der Waals surface area contributed by atoms with E-state index in [4.69, 9.17) is 4.84 Å². The molecule has 3 rings (SSSR count). The summed E-state index contributed by atoms with van der Waals surface area (Å²) in [5.74, 6) is 0.297. The summed E-state index contributed by atoms with van der Waals surface area (Å²) >= 11 is 1.24. The second-order valence-corrected chi connectivity index (χ2v) is 8.08. The van der Waals surface area contributed by atoms with Crippen LogP contribution in [0.4, 0.5) is 0 Å². The number of carbonyl (C=O) groups excluding carboxylic acids is 1. The highest BCUT2D eigenvalue weighted by molar-refractivity contribution is 7.99. The molecule has 0 bridgehead atoms. The van der Waals surface area contributed by atoms with Crippen molar-refractivity contribution in [3.05, 3.63) is 70.5 Å². The minimum atomic E-state index is -0.274. The smallest absolute Gasteiger partial charge is 0.262 e. The van der Waals surface area contributed by atoms with Gasteiger partial charge in [0, 0.05) is 6.54 Å². The average molecular weight is 412 g/mol. The number of benzene rings is 2. The Labute approximate surface area is 174 Å².